The summed E-state index contributed by atoms with van der Waals surface area (Å²) in [5, 5.41) is 7.21. The number of fused-ring (bicyclic) bond motifs is 10. The van der Waals surface area contributed by atoms with E-state index < -0.39 is 0 Å². The van der Waals surface area contributed by atoms with Crippen LogP contribution < -0.4 is 0 Å². The second-order valence-electron chi connectivity index (χ2n) is 15.7. The number of hydrogen-bond donors (Lipinski definition) is 0. The maximum atomic E-state index is 5.35. The largest absolute Gasteiger partial charge is 0.208 e. The van der Waals surface area contributed by atoms with Crippen molar-refractivity contribution in [3.05, 3.63) is 200 Å². The molecule has 13 rings (SSSR count). The van der Waals surface area contributed by atoms with Gasteiger partial charge in [0.2, 0.25) is 0 Å². The summed E-state index contributed by atoms with van der Waals surface area (Å²) in [6.07, 6.45) is 1.89. The van der Waals surface area contributed by atoms with Crippen LogP contribution in [0.3, 0.4) is 0 Å². The third kappa shape index (κ3) is 5.77. The van der Waals surface area contributed by atoms with Crippen molar-refractivity contribution in [3.8, 4) is 57.1 Å². The Morgan fingerprint density at radius 2 is 0.984 bits per heavy atom. The molecule has 0 fully saturated rings. The number of para-hydroxylation sites is 2. The number of hydrogen-bond acceptors (Lipinski definition) is 5. The molecule has 8 heteroatoms. The molecule has 0 radical (unpaired) electrons. The van der Waals surface area contributed by atoms with Gasteiger partial charge < -0.3 is 0 Å². The van der Waals surface area contributed by atoms with Gasteiger partial charge in [0.15, 0.2) is 17.5 Å². The molecule has 294 valence electrons. The minimum absolute atomic E-state index is 0.306. The van der Waals surface area contributed by atoms with Crippen LogP contribution in [-0.2, 0) is 0 Å². The number of rotatable bonds is 6. The molecule has 5 heterocycles. The molecule has 0 atom stereocenters. The zero-order valence-corrected chi connectivity index (χ0v) is 35.3. The Kier molecular flexibility index (Phi) is 8.09. The molecule has 0 unspecified atom stereocenters. The molecule has 63 heavy (non-hydrogen) atoms. The topological polar surface area (TPSA) is 74.3 Å². The van der Waals surface area contributed by atoms with Gasteiger partial charge in [0.25, 0.3) is 0 Å². The van der Waals surface area contributed by atoms with E-state index in [0.29, 0.717) is 37.9 Å². The normalized spacial score (nSPS) is 11.8. The maximum absolute atomic E-state index is 5.35. The monoisotopic (exact) mass is 871 g/mol. The van der Waals surface area contributed by atoms with Crippen LogP contribution in [0.5, 0.6) is 0 Å². The van der Waals surface area contributed by atoms with Gasteiger partial charge in [-0.3, -0.25) is 0 Å². The first-order chi connectivity index (χ1) is 31.2. The van der Waals surface area contributed by atoms with Gasteiger partial charge in [-0.25, -0.2) is 15.0 Å². The molecule has 0 aliphatic rings. The van der Waals surface area contributed by atoms with E-state index in [0.717, 1.165) is 77.2 Å². The summed E-state index contributed by atoms with van der Waals surface area (Å²) < 4.78 is 7.46. The average molecular weight is 871 g/mol. The van der Waals surface area contributed by atoms with Gasteiger partial charge in [-0.05, 0) is 18.2 Å². The van der Waals surface area contributed by atoms with Crippen LogP contribution >= 0.6 is 0 Å². The van der Waals surface area contributed by atoms with Crippen molar-refractivity contribution < 1.29 is 0 Å². The molecule has 7 nitrogen and oxygen atoms in total. The summed E-state index contributed by atoms with van der Waals surface area (Å²) in [5.41, 5.74) is 10.0. The van der Waals surface area contributed by atoms with E-state index in [1.54, 1.807) is 0 Å². The average Bonchev–Trinajstić information content (AvgIpc) is 4.02. The van der Waals surface area contributed by atoms with E-state index in [-0.39, 0.29) is 0 Å². The molecule has 0 bridgehead atoms. The van der Waals surface area contributed by atoms with Crippen molar-refractivity contribution in [3.63, 3.8) is 0 Å². The first-order valence-corrected chi connectivity index (χ1v) is 22.6. The summed E-state index contributed by atoms with van der Waals surface area (Å²) in [6.45, 7) is 0. The Morgan fingerprint density at radius 3 is 1.75 bits per heavy atom. The zero-order chi connectivity index (χ0) is 41.4. The first-order valence-electron chi connectivity index (χ1n) is 20.9. The quantitative estimate of drug-likeness (QED) is 0.156. The minimum Gasteiger partial charge on any atom is -0.208 e. The second kappa shape index (κ2) is 14.3. The van der Waals surface area contributed by atoms with Crippen LogP contribution in [0.4, 0.5) is 0 Å². The van der Waals surface area contributed by atoms with Crippen molar-refractivity contribution in [2.24, 2.45) is 0 Å². The SMILES string of the molecule is c1ccc(-c2nc(-c3ccccc3)nc(-c3cccc(-n4c5ccccc5c5c4ccc4c6ccccc6n(-c6nccc(-c7ccc8[se]c9ccccc9c8c7)n6)c45)c3)n2)cc1. The molecule has 0 saturated heterocycles. The standard InChI is InChI=1S/C55H33N7Se/c1-3-14-34(15-4-1)52-58-53(35-16-5-2-6-17-35)60-54(59-52)37-18-13-19-38(32-37)61-46-24-11-8-22-42(46)50-47(61)28-27-41-39-20-7-10-23-45(39)62(51(41)50)55-56-31-30-44(57-55)36-26-29-49-43(33-36)40-21-9-12-25-48(40)63-49/h1-33H. The maximum Gasteiger partial charge on any atom is -0.0270 e. The molecule has 13 aromatic rings. The predicted molar refractivity (Wildman–Crippen MR) is 258 cm³/mol. The van der Waals surface area contributed by atoms with Crippen LogP contribution in [-0.4, -0.2) is 48.6 Å². The van der Waals surface area contributed by atoms with Crippen molar-refractivity contribution in [2.45, 2.75) is 0 Å². The third-order valence-corrected chi connectivity index (χ3v) is 14.5. The van der Waals surface area contributed by atoms with Crippen LogP contribution in [0, 0.1) is 0 Å². The molecule has 5 aromatic heterocycles. The molecule has 0 spiro atoms. The molecular formula is C55H33N7Se. The molecule has 0 N–H and O–H groups in total. The van der Waals surface area contributed by atoms with Gasteiger partial charge in [-0.2, -0.15) is 0 Å². The fourth-order valence-corrected chi connectivity index (χ4v) is 11.5. The molecule has 0 saturated carbocycles. The molecule has 0 amide bonds. The number of benzene rings is 8. The van der Waals surface area contributed by atoms with Crippen LogP contribution in [0.25, 0.3) is 120 Å². The Hall–Kier alpha value is -8.03. The van der Waals surface area contributed by atoms with Crippen molar-refractivity contribution in [2.75, 3.05) is 0 Å². The van der Waals surface area contributed by atoms with Crippen LogP contribution in [0.15, 0.2) is 200 Å². The van der Waals surface area contributed by atoms with E-state index in [4.69, 9.17) is 24.9 Å². The van der Waals surface area contributed by atoms with Gasteiger partial charge in [-0.15, -0.1) is 0 Å². The minimum atomic E-state index is 0.306. The summed E-state index contributed by atoms with van der Waals surface area (Å²) in [7, 11) is 0. The third-order valence-electron chi connectivity index (χ3n) is 12.0. The van der Waals surface area contributed by atoms with E-state index >= 15 is 0 Å². The smallest absolute Gasteiger partial charge is 0.0270 e. The van der Waals surface area contributed by atoms with Gasteiger partial charge in [0.05, 0.1) is 0 Å². The zero-order valence-electron chi connectivity index (χ0n) is 33.6. The first kappa shape index (κ1) is 35.7. The second-order valence-corrected chi connectivity index (χ2v) is 18.0. The fraction of sp³-hybridized carbons (Fsp3) is 0. The van der Waals surface area contributed by atoms with Crippen molar-refractivity contribution in [1.29, 1.82) is 0 Å². The Labute approximate surface area is 367 Å². The molecule has 8 aromatic carbocycles. The van der Waals surface area contributed by atoms with Crippen molar-refractivity contribution in [1.82, 2.24) is 34.1 Å². The van der Waals surface area contributed by atoms with E-state index in [1.165, 1.54) is 19.3 Å². The van der Waals surface area contributed by atoms with E-state index in [9.17, 15) is 0 Å². The summed E-state index contributed by atoms with van der Waals surface area (Å²) in [4.78, 5) is 25.4. The predicted octanol–water partition coefficient (Wildman–Crippen LogP) is 12.9. The molecular weight excluding hydrogens is 838 g/mol. The molecule has 0 aliphatic heterocycles. The molecule has 0 aliphatic carbocycles. The fourth-order valence-electron chi connectivity index (χ4n) is 9.22. The van der Waals surface area contributed by atoms with Crippen molar-refractivity contribution >= 4 is 77.4 Å². The number of nitrogens with zero attached hydrogens (tertiary/aromatic N) is 7. The van der Waals surface area contributed by atoms with Gasteiger partial charge in [0, 0.05) is 22.4 Å². The Bertz CT molecular complexity index is 3870. The summed E-state index contributed by atoms with van der Waals surface area (Å²) in [6, 6.07) is 68.1. The number of aromatic nitrogens is 7. The summed E-state index contributed by atoms with van der Waals surface area (Å²) >= 11 is 0.306. The van der Waals surface area contributed by atoms with Gasteiger partial charge in [-0.1, -0.05) is 84.9 Å². The summed E-state index contributed by atoms with van der Waals surface area (Å²) in [5.74, 6) is 2.50. The van der Waals surface area contributed by atoms with Crippen LogP contribution in [0.1, 0.15) is 0 Å². The van der Waals surface area contributed by atoms with Crippen LogP contribution in [0.2, 0.25) is 0 Å². The Morgan fingerprint density at radius 1 is 0.365 bits per heavy atom. The van der Waals surface area contributed by atoms with E-state index in [2.05, 4.69) is 137 Å². The van der Waals surface area contributed by atoms with E-state index in [1.807, 2.05) is 72.9 Å². The van der Waals surface area contributed by atoms with Gasteiger partial charge in [0.1, 0.15) is 0 Å². The Balaban J connectivity index is 1.02. The van der Waals surface area contributed by atoms with Gasteiger partial charge >= 0.3 is 211 Å².